The molecule has 2 aromatic rings. The van der Waals surface area contributed by atoms with Gasteiger partial charge in [0.05, 0.1) is 5.69 Å². The summed E-state index contributed by atoms with van der Waals surface area (Å²) in [5, 5.41) is 15.1. The van der Waals surface area contributed by atoms with Crippen LogP contribution in [0.2, 0.25) is 0 Å². The van der Waals surface area contributed by atoms with Gasteiger partial charge in [0.1, 0.15) is 12.3 Å². The molecule has 0 atom stereocenters. The highest BCUT2D eigenvalue weighted by atomic mass is 16.3. The van der Waals surface area contributed by atoms with Crippen molar-refractivity contribution in [2.24, 2.45) is 0 Å². The number of aromatic nitrogens is 2. The summed E-state index contributed by atoms with van der Waals surface area (Å²) >= 11 is 0. The van der Waals surface area contributed by atoms with Crippen LogP contribution in [0.25, 0.3) is 0 Å². The number of phenols is 1. The summed E-state index contributed by atoms with van der Waals surface area (Å²) < 4.78 is 1.59. The maximum Gasteiger partial charge on any atom is 0.260 e. The predicted octanol–water partition coefficient (Wildman–Crippen LogP) is 3.58. The molecule has 7 nitrogen and oxygen atoms in total. The third-order valence-corrected chi connectivity index (χ3v) is 5.16. The lowest BCUT2D eigenvalue weighted by atomic mass is 9.78. The van der Waals surface area contributed by atoms with Crippen LogP contribution >= 0.6 is 0 Å². The summed E-state index contributed by atoms with van der Waals surface area (Å²) in [4.78, 5) is 24.4. The lowest BCUT2D eigenvalue weighted by molar-refractivity contribution is -0.129. The van der Waals surface area contributed by atoms with Crippen LogP contribution in [0.1, 0.15) is 76.0 Å². The minimum absolute atomic E-state index is 0.0435. The normalized spacial score (nSPS) is 12.0. The molecular weight excluding hydrogens is 392 g/mol. The minimum atomic E-state index is -0.339. The molecular formula is C24H36N4O3. The molecule has 1 heterocycles. The number of hydrogen-bond acceptors (Lipinski definition) is 4. The van der Waals surface area contributed by atoms with Crippen molar-refractivity contribution in [3.05, 3.63) is 46.3 Å². The van der Waals surface area contributed by atoms with Gasteiger partial charge in [0.15, 0.2) is 0 Å². The molecule has 0 saturated carbocycles. The van der Waals surface area contributed by atoms with Crippen molar-refractivity contribution in [3.8, 4) is 5.75 Å². The first kappa shape index (κ1) is 24.4. The van der Waals surface area contributed by atoms with Crippen LogP contribution in [0.4, 0.5) is 0 Å². The lowest BCUT2D eigenvalue weighted by Gasteiger charge is -2.28. The first-order valence-corrected chi connectivity index (χ1v) is 10.6. The molecule has 1 aromatic carbocycles. The number of carbonyl (C=O) groups is 2. The maximum atomic E-state index is 12.3. The van der Waals surface area contributed by atoms with E-state index < -0.39 is 0 Å². The number of hydrazine groups is 1. The number of amides is 2. The Morgan fingerprint density at radius 1 is 0.935 bits per heavy atom. The molecule has 3 N–H and O–H groups in total. The van der Waals surface area contributed by atoms with E-state index in [4.69, 9.17) is 0 Å². The summed E-state index contributed by atoms with van der Waals surface area (Å²) in [5.74, 6) is -0.289. The van der Waals surface area contributed by atoms with E-state index >= 15 is 0 Å². The van der Waals surface area contributed by atoms with Crippen molar-refractivity contribution in [1.29, 1.82) is 0 Å². The largest absolute Gasteiger partial charge is 0.507 e. The molecule has 170 valence electrons. The van der Waals surface area contributed by atoms with Gasteiger partial charge < -0.3 is 5.11 Å². The van der Waals surface area contributed by atoms with Gasteiger partial charge in [0.25, 0.3) is 5.91 Å². The molecule has 1 aromatic heterocycles. The molecule has 2 amide bonds. The summed E-state index contributed by atoms with van der Waals surface area (Å²) in [6.45, 7) is 16.1. The number of nitrogens with zero attached hydrogens (tertiary/aromatic N) is 2. The van der Waals surface area contributed by atoms with E-state index in [1.54, 1.807) is 4.68 Å². The second kappa shape index (κ2) is 9.12. The molecule has 0 unspecified atom stereocenters. The minimum Gasteiger partial charge on any atom is -0.507 e. The van der Waals surface area contributed by atoms with Gasteiger partial charge in [-0.25, -0.2) is 0 Å². The van der Waals surface area contributed by atoms with Gasteiger partial charge in [0, 0.05) is 12.1 Å². The van der Waals surface area contributed by atoms with Crippen molar-refractivity contribution in [2.75, 3.05) is 0 Å². The SMILES string of the molecule is Cc1cc(C)n(CC(=O)NNC(=O)CCc2cc(C(C)(C)C)c(O)c(C(C)(C)C)c2)n1. The third-order valence-electron chi connectivity index (χ3n) is 5.16. The fourth-order valence-electron chi connectivity index (χ4n) is 3.45. The maximum absolute atomic E-state index is 12.3. The molecule has 0 saturated heterocycles. The van der Waals surface area contributed by atoms with Crippen molar-refractivity contribution in [1.82, 2.24) is 20.6 Å². The Morgan fingerprint density at radius 2 is 1.45 bits per heavy atom. The fraction of sp³-hybridized carbons (Fsp3) is 0.542. The summed E-state index contributed by atoms with van der Waals surface area (Å²) in [6.07, 6.45) is 0.726. The summed E-state index contributed by atoms with van der Waals surface area (Å²) in [7, 11) is 0. The van der Waals surface area contributed by atoms with E-state index in [2.05, 4.69) is 57.5 Å². The molecule has 7 heteroatoms. The van der Waals surface area contributed by atoms with Crippen LogP contribution in [-0.4, -0.2) is 26.7 Å². The Bertz CT molecular complexity index is 927. The number of carbonyl (C=O) groups excluding carboxylic acids is 2. The van der Waals surface area contributed by atoms with Crippen molar-refractivity contribution in [2.45, 2.75) is 85.6 Å². The van der Waals surface area contributed by atoms with Gasteiger partial charge in [-0.15, -0.1) is 0 Å². The Balaban J connectivity index is 2.01. The van der Waals surface area contributed by atoms with E-state index in [9.17, 15) is 14.7 Å². The highest BCUT2D eigenvalue weighted by Gasteiger charge is 2.26. The molecule has 31 heavy (non-hydrogen) atoms. The second-order valence-electron chi connectivity index (χ2n) is 10.2. The van der Waals surface area contributed by atoms with Gasteiger partial charge >= 0.3 is 0 Å². The Hall–Kier alpha value is -2.83. The highest BCUT2D eigenvalue weighted by Crippen LogP contribution is 2.39. The number of phenolic OH excluding ortho intramolecular Hbond substituents is 1. The molecule has 0 radical (unpaired) electrons. The molecule has 0 spiro atoms. The van der Waals surface area contributed by atoms with E-state index in [1.165, 1.54) is 0 Å². The molecule has 0 aliphatic heterocycles. The highest BCUT2D eigenvalue weighted by molar-refractivity contribution is 5.82. The summed E-state index contributed by atoms with van der Waals surface area (Å²) in [5.41, 5.74) is 8.92. The predicted molar refractivity (Wildman–Crippen MR) is 122 cm³/mol. The van der Waals surface area contributed by atoms with Gasteiger partial charge in [-0.2, -0.15) is 5.10 Å². The van der Waals surface area contributed by atoms with Gasteiger partial charge in [0.2, 0.25) is 5.91 Å². The Labute approximate surface area is 185 Å². The monoisotopic (exact) mass is 428 g/mol. The standard InChI is InChI=1S/C24H36N4O3/c1-15-11-16(2)28(27-15)14-21(30)26-25-20(29)10-9-17-12-18(23(3,4)5)22(31)19(13-17)24(6,7)8/h11-13,31H,9-10,14H2,1-8H3,(H,25,29)(H,26,30). The van der Waals surface area contributed by atoms with E-state index in [0.29, 0.717) is 12.2 Å². The molecule has 0 aliphatic carbocycles. The zero-order valence-corrected chi connectivity index (χ0v) is 20.0. The molecule has 0 bridgehead atoms. The van der Waals surface area contributed by atoms with Crippen LogP contribution in [0.3, 0.4) is 0 Å². The van der Waals surface area contributed by atoms with Crippen LogP contribution < -0.4 is 10.9 Å². The van der Waals surface area contributed by atoms with E-state index in [-0.39, 0.29) is 35.6 Å². The van der Waals surface area contributed by atoms with Crippen LogP contribution in [-0.2, 0) is 33.4 Å². The average Bonchev–Trinajstić information content (AvgIpc) is 2.94. The molecule has 2 rings (SSSR count). The Kier molecular flexibility index (Phi) is 7.19. The first-order valence-electron chi connectivity index (χ1n) is 10.6. The van der Waals surface area contributed by atoms with E-state index in [1.807, 2.05) is 32.0 Å². The summed E-state index contributed by atoms with van der Waals surface area (Å²) in [6, 6.07) is 5.83. The quantitative estimate of drug-likeness (QED) is 0.634. The third kappa shape index (κ3) is 6.57. The topological polar surface area (TPSA) is 96.2 Å². The lowest BCUT2D eigenvalue weighted by Crippen LogP contribution is -2.43. The number of nitrogens with one attached hydrogen (secondary N) is 2. The number of hydrogen-bond donors (Lipinski definition) is 3. The van der Waals surface area contributed by atoms with Gasteiger partial charge in [-0.1, -0.05) is 53.7 Å². The molecule has 0 aliphatic rings. The first-order chi connectivity index (χ1) is 14.2. The van der Waals surface area contributed by atoms with Gasteiger partial charge in [-0.3, -0.25) is 25.1 Å². The Morgan fingerprint density at radius 3 is 1.90 bits per heavy atom. The van der Waals surface area contributed by atoms with Crippen molar-refractivity contribution < 1.29 is 14.7 Å². The average molecular weight is 429 g/mol. The van der Waals surface area contributed by atoms with Crippen LogP contribution in [0.15, 0.2) is 18.2 Å². The number of aryl methyl sites for hydroxylation is 3. The number of aromatic hydroxyl groups is 1. The van der Waals surface area contributed by atoms with Crippen molar-refractivity contribution in [3.63, 3.8) is 0 Å². The molecule has 0 fully saturated rings. The number of benzene rings is 1. The zero-order valence-electron chi connectivity index (χ0n) is 20.0. The van der Waals surface area contributed by atoms with Crippen LogP contribution in [0.5, 0.6) is 5.75 Å². The fourth-order valence-corrected chi connectivity index (χ4v) is 3.45. The zero-order chi connectivity index (χ0) is 23.6. The second-order valence-corrected chi connectivity index (χ2v) is 10.2. The smallest absolute Gasteiger partial charge is 0.260 e. The van der Waals surface area contributed by atoms with Crippen molar-refractivity contribution >= 4 is 11.8 Å². The van der Waals surface area contributed by atoms with Crippen LogP contribution in [0, 0.1) is 13.8 Å². The number of rotatable bonds is 5. The van der Waals surface area contributed by atoms with Gasteiger partial charge in [-0.05, 0) is 53.9 Å². The van der Waals surface area contributed by atoms with E-state index in [0.717, 1.165) is 28.1 Å².